The number of nitrogens with one attached hydrogen (secondary N) is 2. The second-order valence-electron chi connectivity index (χ2n) is 4.28. The average molecular weight is 276 g/mol. The Labute approximate surface area is 116 Å². The predicted molar refractivity (Wildman–Crippen MR) is 79.2 cm³/mol. The van der Waals surface area contributed by atoms with E-state index in [2.05, 4.69) is 16.9 Å². The van der Waals surface area contributed by atoms with Crippen LogP contribution in [0.15, 0.2) is 0 Å². The molecule has 0 bridgehead atoms. The topological polar surface area (TPSA) is 50.4 Å². The highest BCUT2D eigenvalue weighted by Crippen LogP contribution is 2.03. The molecule has 0 radical (unpaired) electrons. The van der Waals surface area contributed by atoms with Crippen molar-refractivity contribution in [2.45, 2.75) is 32.1 Å². The SMILES string of the molecule is COCCCNC(=O)CNCCCCCCSC. The molecule has 0 fully saturated rings. The lowest BCUT2D eigenvalue weighted by Gasteiger charge is -2.06. The molecule has 0 spiro atoms. The Hall–Kier alpha value is -0.260. The maximum atomic E-state index is 11.4. The summed E-state index contributed by atoms with van der Waals surface area (Å²) in [5.74, 6) is 1.34. The lowest BCUT2D eigenvalue weighted by molar-refractivity contribution is -0.120. The molecule has 108 valence electrons. The monoisotopic (exact) mass is 276 g/mol. The number of carbonyl (C=O) groups is 1. The first kappa shape index (κ1) is 17.7. The van der Waals surface area contributed by atoms with E-state index in [1.54, 1.807) is 7.11 Å². The van der Waals surface area contributed by atoms with Crippen molar-refractivity contribution in [2.24, 2.45) is 0 Å². The largest absolute Gasteiger partial charge is 0.385 e. The summed E-state index contributed by atoms with van der Waals surface area (Å²) in [5, 5.41) is 6.02. The van der Waals surface area contributed by atoms with Crippen molar-refractivity contribution >= 4 is 17.7 Å². The molecule has 0 aliphatic heterocycles. The van der Waals surface area contributed by atoms with Crippen molar-refractivity contribution in [3.8, 4) is 0 Å². The molecule has 0 aromatic rings. The van der Waals surface area contributed by atoms with E-state index in [-0.39, 0.29) is 5.91 Å². The molecule has 1 amide bonds. The van der Waals surface area contributed by atoms with Crippen LogP contribution in [0.4, 0.5) is 0 Å². The van der Waals surface area contributed by atoms with Gasteiger partial charge in [-0.2, -0.15) is 11.8 Å². The zero-order valence-corrected chi connectivity index (χ0v) is 12.6. The molecule has 0 saturated carbocycles. The van der Waals surface area contributed by atoms with E-state index >= 15 is 0 Å². The summed E-state index contributed by atoms with van der Waals surface area (Å²) in [4.78, 5) is 11.4. The summed E-state index contributed by atoms with van der Waals surface area (Å²) in [6, 6.07) is 0. The van der Waals surface area contributed by atoms with Crippen molar-refractivity contribution in [3.05, 3.63) is 0 Å². The highest BCUT2D eigenvalue weighted by molar-refractivity contribution is 7.98. The highest BCUT2D eigenvalue weighted by atomic mass is 32.2. The van der Waals surface area contributed by atoms with E-state index in [1.807, 2.05) is 11.8 Å². The van der Waals surface area contributed by atoms with Gasteiger partial charge in [-0.25, -0.2) is 0 Å². The smallest absolute Gasteiger partial charge is 0.233 e. The Morgan fingerprint density at radius 1 is 1.11 bits per heavy atom. The van der Waals surface area contributed by atoms with Crippen LogP contribution in [-0.4, -0.2) is 51.3 Å². The number of methoxy groups -OCH3 is 1. The Morgan fingerprint density at radius 2 is 1.89 bits per heavy atom. The van der Waals surface area contributed by atoms with Crippen LogP contribution in [0.1, 0.15) is 32.1 Å². The van der Waals surface area contributed by atoms with Crippen molar-refractivity contribution in [1.82, 2.24) is 10.6 Å². The van der Waals surface area contributed by atoms with Crippen LogP contribution >= 0.6 is 11.8 Å². The second-order valence-corrected chi connectivity index (χ2v) is 5.27. The first-order valence-electron chi connectivity index (χ1n) is 6.76. The maximum absolute atomic E-state index is 11.4. The molecular weight excluding hydrogens is 248 g/mol. The van der Waals surface area contributed by atoms with Crippen LogP contribution in [0, 0.1) is 0 Å². The Kier molecular flexibility index (Phi) is 14.6. The fraction of sp³-hybridized carbons (Fsp3) is 0.923. The van der Waals surface area contributed by atoms with Gasteiger partial charge in [-0.1, -0.05) is 12.8 Å². The summed E-state index contributed by atoms with van der Waals surface area (Å²) in [6.45, 7) is 2.76. The van der Waals surface area contributed by atoms with E-state index < -0.39 is 0 Å². The molecule has 0 heterocycles. The molecule has 2 N–H and O–H groups in total. The zero-order chi connectivity index (χ0) is 13.5. The van der Waals surface area contributed by atoms with Gasteiger partial charge in [0, 0.05) is 20.3 Å². The minimum absolute atomic E-state index is 0.0773. The number of thioether (sulfide) groups is 1. The summed E-state index contributed by atoms with van der Waals surface area (Å²) < 4.78 is 4.91. The number of unbranched alkanes of at least 4 members (excludes halogenated alkanes) is 3. The number of rotatable bonds is 13. The molecule has 0 aromatic carbocycles. The average Bonchev–Trinajstić information content (AvgIpc) is 2.38. The first-order chi connectivity index (χ1) is 8.81. The van der Waals surface area contributed by atoms with Gasteiger partial charge in [-0.05, 0) is 37.8 Å². The second kappa shape index (κ2) is 14.8. The maximum Gasteiger partial charge on any atom is 0.233 e. The molecule has 0 aromatic heterocycles. The van der Waals surface area contributed by atoms with Crippen LogP contribution in [0.25, 0.3) is 0 Å². The van der Waals surface area contributed by atoms with Gasteiger partial charge in [0.2, 0.25) is 5.91 Å². The van der Waals surface area contributed by atoms with Gasteiger partial charge < -0.3 is 15.4 Å². The molecule has 18 heavy (non-hydrogen) atoms. The van der Waals surface area contributed by atoms with Gasteiger partial charge in [-0.3, -0.25) is 4.79 Å². The zero-order valence-electron chi connectivity index (χ0n) is 11.8. The van der Waals surface area contributed by atoms with Gasteiger partial charge in [0.05, 0.1) is 6.54 Å². The molecule has 0 atom stereocenters. The van der Waals surface area contributed by atoms with Gasteiger partial charge in [0.25, 0.3) is 0 Å². The molecule has 4 nitrogen and oxygen atoms in total. The third-order valence-corrected chi connectivity index (χ3v) is 3.28. The molecule has 0 unspecified atom stereocenters. The summed E-state index contributed by atoms with van der Waals surface area (Å²) in [5.41, 5.74) is 0. The summed E-state index contributed by atoms with van der Waals surface area (Å²) >= 11 is 1.91. The lowest BCUT2D eigenvalue weighted by atomic mass is 10.2. The molecule has 0 aliphatic rings. The Morgan fingerprint density at radius 3 is 2.61 bits per heavy atom. The van der Waals surface area contributed by atoms with Gasteiger partial charge in [-0.15, -0.1) is 0 Å². The number of amides is 1. The minimum atomic E-state index is 0.0773. The minimum Gasteiger partial charge on any atom is -0.385 e. The van der Waals surface area contributed by atoms with E-state index in [1.165, 1.54) is 25.0 Å². The molecule has 0 rings (SSSR count). The van der Waals surface area contributed by atoms with Crippen LogP contribution in [-0.2, 0) is 9.53 Å². The van der Waals surface area contributed by atoms with E-state index in [0.717, 1.165) is 19.4 Å². The summed E-state index contributed by atoms with van der Waals surface area (Å²) in [6.07, 6.45) is 8.03. The molecular formula is C13H28N2O2S. The van der Waals surface area contributed by atoms with Crippen molar-refractivity contribution in [2.75, 3.05) is 45.4 Å². The Bertz CT molecular complexity index is 192. The number of ether oxygens (including phenoxy) is 1. The fourth-order valence-corrected chi connectivity index (χ4v) is 2.05. The van der Waals surface area contributed by atoms with Crippen molar-refractivity contribution < 1.29 is 9.53 Å². The summed E-state index contributed by atoms with van der Waals surface area (Å²) in [7, 11) is 1.67. The molecule has 5 heteroatoms. The predicted octanol–water partition coefficient (Wildman–Crippen LogP) is 1.65. The fourth-order valence-electron chi connectivity index (χ4n) is 1.56. The van der Waals surface area contributed by atoms with Gasteiger partial charge in [0.15, 0.2) is 0 Å². The first-order valence-corrected chi connectivity index (χ1v) is 8.16. The Balaban J connectivity index is 3.10. The highest BCUT2D eigenvalue weighted by Gasteiger charge is 1.98. The molecule has 0 aliphatic carbocycles. The van der Waals surface area contributed by atoms with Crippen LogP contribution in [0.5, 0.6) is 0 Å². The van der Waals surface area contributed by atoms with Crippen LogP contribution in [0.2, 0.25) is 0 Å². The van der Waals surface area contributed by atoms with E-state index in [4.69, 9.17) is 4.74 Å². The quantitative estimate of drug-likeness (QED) is 0.502. The van der Waals surface area contributed by atoms with E-state index in [9.17, 15) is 4.79 Å². The third-order valence-electron chi connectivity index (χ3n) is 2.58. The third kappa shape index (κ3) is 13.8. The standard InChI is InChI=1S/C13H28N2O2S/c1-17-10-7-9-15-13(16)12-14-8-5-3-4-6-11-18-2/h14H,3-12H2,1-2H3,(H,15,16). The van der Waals surface area contributed by atoms with Crippen LogP contribution < -0.4 is 10.6 Å². The number of hydrogen-bond donors (Lipinski definition) is 2. The van der Waals surface area contributed by atoms with Crippen molar-refractivity contribution in [1.29, 1.82) is 0 Å². The van der Waals surface area contributed by atoms with Gasteiger partial charge >= 0.3 is 0 Å². The lowest BCUT2D eigenvalue weighted by Crippen LogP contribution is -2.35. The van der Waals surface area contributed by atoms with Crippen LogP contribution in [0.3, 0.4) is 0 Å². The van der Waals surface area contributed by atoms with Crippen molar-refractivity contribution in [3.63, 3.8) is 0 Å². The molecule has 0 saturated heterocycles. The number of hydrogen-bond acceptors (Lipinski definition) is 4. The number of carbonyl (C=O) groups excluding carboxylic acids is 1. The van der Waals surface area contributed by atoms with E-state index in [0.29, 0.717) is 19.7 Å². The van der Waals surface area contributed by atoms with Gasteiger partial charge in [0.1, 0.15) is 0 Å². The normalized spacial score (nSPS) is 10.6.